The monoisotopic (exact) mass is 986 g/mol. The zero-order valence-corrected chi connectivity index (χ0v) is 36.3. The number of alkyl halides is 6. The molecule has 1 aliphatic rings. The van der Waals surface area contributed by atoms with Crippen molar-refractivity contribution < 1.29 is 44.3 Å². The lowest BCUT2D eigenvalue weighted by Crippen LogP contribution is -2.18. The van der Waals surface area contributed by atoms with Gasteiger partial charge >= 0.3 is 18.4 Å². The van der Waals surface area contributed by atoms with Crippen molar-refractivity contribution in [3.05, 3.63) is 119 Å². The van der Waals surface area contributed by atoms with Crippen LogP contribution in [0.4, 0.5) is 31.1 Å². The van der Waals surface area contributed by atoms with Gasteiger partial charge in [0.2, 0.25) is 5.11 Å². The molecule has 0 spiro atoms. The van der Waals surface area contributed by atoms with Crippen LogP contribution in [0.3, 0.4) is 0 Å². The standard InChI is InChI=1S/C16H11NO2S.C11H14F3N3OS2.C9H11F3N2OS.HI/c18-16(17-10-20)19-9-15-13-7-3-1-5-11(13)12-6-2-4-8-14(12)15;1-7(20(3,18)17-10(19)15-2)8-4-5-9(16-6-8)11(12,13)14;1-6(16(2,13)15)7-3-4-8(14-5-7)9(10,11)12;/h1-8,15H,9H2;4-7H,1-3H3,(H,15,19);3-6,13H,1-2H3;1H. The minimum atomic E-state index is -4.49. The van der Waals surface area contributed by atoms with E-state index < -0.39 is 59.8 Å². The summed E-state index contributed by atoms with van der Waals surface area (Å²) in [7, 11) is -4.00. The lowest BCUT2D eigenvalue weighted by molar-refractivity contribution is -0.142. The molecule has 0 bridgehead atoms. The summed E-state index contributed by atoms with van der Waals surface area (Å²) in [5, 5.41) is 3.45. The fourth-order valence-electron chi connectivity index (χ4n) is 5.09. The van der Waals surface area contributed by atoms with Gasteiger partial charge in [0.05, 0.1) is 25.4 Å². The highest BCUT2D eigenvalue weighted by atomic mass is 127. The van der Waals surface area contributed by atoms with Gasteiger partial charge in [0.1, 0.15) is 18.0 Å². The second kappa shape index (κ2) is 20.7. The minimum Gasteiger partial charge on any atom is -0.446 e. The molecule has 1 aliphatic carbocycles. The smallest absolute Gasteiger partial charge is 0.442 e. The van der Waals surface area contributed by atoms with Crippen molar-refractivity contribution in [2.24, 2.45) is 9.36 Å². The average Bonchev–Trinajstić information content (AvgIpc) is 3.46. The Bertz CT molecular complexity index is 2270. The van der Waals surface area contributed by atoms with Crippen molar-refractivity contribution in [2.45, 2.75) is 42.6 Å². The quantitative estimate of drug-likeness (QED) is 0.0834. The lowest BCUT2D eigenvalue weighted by Gasteiger charge is -2.15. The molecule has 308 valence electrons. The van der Waals surface area contributed by atoms with Crippen LogP contribution >= 0.6 is 48.4 Å². The molecule has 0 saturated carbocycles. The summed E-state index contributed by atoms with van der Waals surface area (Å²) in [6.07, 6.45) is -4.93. The molecule has 5 rings (SSSR count). The van der Waals surface area contributed by atoms with Crippen molar-refractivity contribution in [1.82, 2.24) is 15.3 Å². The highest BCUT2D eigenvalue weighted by molar-refractivity contribution is 14.0. The van der Waals surface area contributed by atoms with E-state index in [1.165, 1.54) is 53.8 Å². The topological polar surface area (TPSA) is 147 Å². The Morgan fingerprint density at radius 3 is 1.67 bits per heavy atom. The van der Waals surface area contributed by atoms with Crippen LogP contribution in [0.5, 0.6) is 0 Å². The molecule has 1 amide bonds. The number of fused-ring (bicyclic) bond motifs is 3. The first-order chi connectivity index (χ1) is 26.0. The number of rotatable bonds is 6. The maximum atomic E-state index is 12.4. The van der Waals surface area contributed by atoms with Crippen LogP contribution < -0.4 is 5.32 Å². The number of thiocarbonyl (C=S) groups is 2. The lowest BCUT2D eigenvalue weighted by atomic mass is 9.98. The predicted octanol–water partition coefficient (Wildman–Crippen LogP) is 10.3. The van der Waals surface area contributed by atoms with Crippen LogP contribution in [-0.4, -0.2) is 60.9 Å². The fraction of sp³-hybridized carbons (Fsp3) is 0.306. The fourth-order valence-corrected chi connectivity index (χ4v) is 7.49. The summed E-state index contributed by atoms with van der Waals surface area (Å²) in [4.78, 5) is 21.2. The third-order valence-corrected chi connectivity index (χ3v) is 12.6. The number of carbonyl (C=O) groups is 1. The zero-order chi connectivity index (χ0) is 42.1. The molecule has 2 aromatic carbocycles. The molecule has 0 saturated heterocycles. The van der Waals surface area contributed by atoms with Gasteiger partial charge in [0.15, 0.2) is 0 Å². The van der Waals surface area contributed by atoms with E-state index in [-0.39, 0.29) is 41.6 Å². The first-order valence-corrected chi connectivity index (χ1v) is 21.0. The van der Waals surface area contributed by atoms with Crippen molar-refractivity contribution in [1.29, 1.82) is 4.78 Å². The first-order valence-electron chi connectivity index (χ1n) is 16.2. The number of ether oxygens (including phenoxy) is 1. The molecule has 2 N–H and O–H groups in total. The molecule has 4 aromatic rings. The third-order valence-electron chi connectivity index (χ3n) is 8.37. The largest absolute Gasteiger partial charge is 0.446 e. The molecular weight excluding hydrogens is 950 g/mol. The van der Waals surface area contributed by atoms with Gasteiger partial charge in [-0.15, -0.1) is 29.0 Å². The number of nitrogens with zero attached hydrogens (tertiary/aromatic N) is 4. The van der Waals surface area contributed by atoms with Crippen molar-refractivity contribution >= 4 is 84.2 Å². The molecular formula is C36H37F6IN6O4S4. The molecule has 57 heavy (non-hydrogen) atoms. The number of hydrogen-bond donors (Lipinski definition) is 2. The van der Waals surface area contributed by atoms with Crippen LogP contribution in [0.2, 0.25) is 0 Å². The average molecular weight is 987 g/mol. The normalized spacial score (nSPS) is 14.9. The van der Waals surface area contributed by atoms with Crippen LogP contribution in [0.15, 0.2) is 94.5 Å². The van der Waals surface area contributed by atoms with Crippen molar-refractivity contribution in [3.63, 3.8) is 0 Å². The summed E-state index contributed by atoms with van der Waals surface area (Å²) in [6.45, 7) is 3.39. The van der Waals surface area contributed by atoms with Crippen LogP contribution in [0.25, 0.3) is 11.1 Å². The number of aromatic nitrogens is 2. The van der Waals surface area contributed by atoms with E-state index >= 15 is 0 Å². The second-order valence-electron chi connectivity index (χ2n) is 12.2. The van der Waals surface area contributed by atoms with E-state index in [2.05, 4.69) is 61.1 Å². The number of carbonyl (C=O) groups excluding carboxylic acids is 1. The van der Waals surface area contributed by atoms with E-state index in [1.54, 1.807) is 14.0 Å². The number of benzene rings is 2. The van der Waals surface area contributed by atoms with Crippen LogP contribution in [-0.2, 0) is 36.5 Å². The van der Waals surface area contributed by atoms with E-state index in [4.69, 9.17) is 21.7 Å². The van der Waals surface area contributed by atoms with Gasteiger partial charge in [-0.3, -0.25) is 14.7 Å². The molecule has 2 aromatic heterocycles. The Balaban J connectivity index is 0.000000295. The molecule has 4 unspecified atom stereocenters. The molecule has 0 aliphatic heterocycles. The molecule has 2 heterocycles. The predicted molar refractivity (Wildman–Crippen MR) is 226 cm³/mol. The van der Waals surface area contributed by atoms with Crippen LogP contribution in [0.1, 0.15) is 63.9 Å². The van der Waals surface area contributed by atoms with Gasteiger partial charge in [0.25, 0.3) is 0 Å². The summed E-state index contributed by atoms with van der Waals surface area (Å²) in [6, 6.07) is 20.5. The number of pyridine rings is 2. The highest BCUT2D eigenvalue weighted by Gasteiger charge is 2.33. The third kappa shape index (κ3) is 13.9. The Labute approximate surface area is 354 Å². The summed E-state index contributed by atoms with van der Waals surface area (Å²) < 4.78 is 114. The van der Waals surface area contributed by atoms with Gasteiger partial charge in [-0.1, -0.05) is 60.7 Å². The van der Waals surface area contributed by atoms with E-state index in [0.717, 1.165) is 24.5 Å². The minimum absolute atomic E-state index is 0. The number of isothiocyanates is 1. The van der Waals surface area contributed by atoms with E-state index in [0.29, 0.717) is 11.1 Å². The molecule has 4 atom stereocenters. The number of amides is 1. The van der Waals surface area contributed by atoms with Gasteiger partial charge < -0.3 is 10.1 Å². The Kier molecular flexibility index (Phi) is 17.9. The van der Waals surface area contributed by atoms with Crippen LogP contribution in [0, 0.1) is 4.78 Å². The van der Waals surface area contributed by atoms with Gasteiger partial charge in [-0.25, -0.2) is 13.2 Å². The number of aliphatic imine (C=N–C) groups is 1. The maximum absolute atomic E-state index is 12.4. The molecule has 10 nitrogen and oxygen atoms in total. The molecule has 0 radical (unpaired) electrons. The van der Waals surface area contributed by atoms with Gasteiger partial charge in [-0.2, -0.15) is 30.7 Å². The van der Waals surface area contributed by atoms with Gasteiger partial charge in [0, 0.05) is 47.6 Å². The Hall–Kier alpha value is -3.89. The Morgan fingerprint density at radius 2 is 1.30 bits per heavy atom. The summed E-state index contributed by atoms with van der Waals surface area (Å²) in [5.74, 6) is 0.0478. The maximum Gasteiger partial charge on any atom is 0.442 e. The molecule has 0 fully saturated rings. The van der Waals surface area contributed by atoms with Crippen molar-refractivity contribution in [3.8, 4) is 11.1 Å². The molecule has 21 heteroatoms. The number of nitrogens with one attached hydrogen (secondary N) is 2. The first kappa shape index (κ1) is 49.3. The second-order valence-corrected chi connectivity index (χ2v) is 17.8. The van der Waals surface area contributed by atoms with E-state index in [1.807, 2.05) is 29.4 Å². The van der Waals surface area contributed by atoms with Crippen molar-refractivity contribution in [2.75, 3.05) is 26.2 Å². The number of halogens is 7. The summed E-state index contributed by atoms with van der Waals surface area (Å²) >= 11 is 9.21. The number of hydrogen-bond acceptors (Lipinski definition) is 9. The SMILES string of the molecule is CC(c1ccc(C(F)(F)F)nc1)S(C)(=N)=O.CNC(=S)N=S(C)(=O)C(C)c1ccc(C(F)(F)F)nc1.I.O=C(N=C=S)OCC1c2ccccc2-c2ccccc21. The van der Waals surface area contributed by atoms with E-state index in [9.17, 15) is 39.6 Å². The summed E-state index contributed by atoms with van der Waals surface area (Å²) in [5.41, 5.74) is 3.55. The highest BCUT2D eigenvalue weighted by Crippen LogP contribution is 2.44. The Morgan fingerprint density at radius 1 is 0.860 bits per heavy atom. The van der Waals surface area contributed by atoms with Gasteiger partial charge in [-0.05, 0) is 83.8 Å². The zero-order valence-electron chi connectivity index (χ0n) is 30.8.